The molecule has 0 spiro atoms. The number of nitrogens with one attached hydrogen (secondary N) is 1. The molecule has 0 aliphatic carbocycles. The monoisotopic (exact) mass is 336 g/mol. The van der Waals surface area contributed by atoms with Crippen LogP contribution in [0.15, 0.2) is 29.2 Å². The lowest BCUT2D eigenvalue weighted by Crippen LogP contribution is -2.41. The van der Waals surface area contributed by atoms with Crippen LogP contribution in [0, 0.1) is 0 Å². The number of hydrogen-bond donors (Lipinski definition) is 1. The summed E-state index contributed by atoms with van der Waals surface area (Å²) in [6, 6.07) is 8.90. The van der Waals surface area contributed by atoms with Crippen molar-refractivity contribution in [3.63, 3.8) is 0 Å². The van der Waals surface area contributed by atoms with Crippen LogP contribution in [0.3, 0.4) is 0 Å². The minimum Gasteiger partial charge on any atom is -0.444 e. The van der Waals surface area contributed by atoms with Gasteiger partial charge in [-0.2, -0.15) is 0 Å². The molecule has 1 amide bonds. The van der Waals surface area contributed by atoms with Crippen LogP contribution >= 0.6 is 11.8 Å². The van der Waals surface area contributed by atoms with E-state index in [4.69, 9.17) is 4.74 Å². The third kappa shape index (κ3) is 5.43. The Hall–Kier alpha value is -1.20. The summed E-state index contributed by atoms with van der Waals surface area (Å²) in [6.07, 6.45) is 0.712. The summed E-state index contributed by atoms with van der Waals surface area (Å²) in [5, 5.41) is 3.57. The number of rotatable bonds is 6. The lowest BCUT2D eigenvalue weighted by molar-refractivity contribution is 0.0251. The van der Waals surface area contributed by atoms with Gasteiger partial charge >= 0.3 is 6.09 Å². The van der Waals surface area contributed by atoms with Gasteiger partial charge < -0.3 is 15.0 Å². The van der Waals surface area contributed by atoms with E-state index in [2.05, 4.69) is 36.5 Å². The zero-order chi connectivity index (χ0) is 16.9. The van der Waals surface area contributed by atoms with Crippen LogP contribution in [0.4, 0.5) is 4.79 Å². The van der Waals surface area contributed by atoms with E-state index < -0.39 is 5.60 Å². The highest BCUT2D eigenvalue weighted by Gasteiger charge is 2.24. The highest BCUT2D eigenvalue weighted by molar-refractivity contribution is 7.99. The van der Waals surface area contributed by atoms with Crippen molar-refractivity contribution in [3.05, 3.63) is 29.8 Å². The lowest BCUT2D eigenvalue weighted by Gasteiger charge is -2.27. The average molecular weight is 337 g/mol. The number of carbonyl (C=O) groups excluding carboxylic acids is 1. The SMILES string of the molecule is CCCN(CCNC1CSc2ccccc21)C(=O)OC(C)(C)C. The summed E-state index contributed by atoms with van der Waals surface area (Å²) >= 11 is 1.89. The molecule has 0 bridgehead atoms. The minimum atomic E-state index is -0.447. The number of hydrogen-bond acceptors (Lipinski definition) is 4. The zero-order valence-corrected chi connectivity index (χ0v) is 15.4. The lowest BCUT2D eigenvalue weighted by atomic mass is 10.1. The fourth-order valence-electron chi connectivity index (χ4n) is 2.60. The maximum atomic E-state index is 12.2. The molecule has 4 nitrogen and oxygen atoms in total. The Bertz CT molecular complexity index is 528. The molecular formula is C18H28N2O2S. The highest BCUT2D eigenvalue weighted by atomic mass is 32.2. The van der Waals surface area contributed by atoms with Gasteiger partial charge in [-0.15, -0.1) is 11.8 Å². The van der Waals surface area contributed by atoms with E-state index >= 15 is 0 Å². The van der Waals surface area contributed by atoms with Gasteiger partial charge in [0.2, 0.25) is 0 Å². The maximum absolute atomic E-state index is 12.2. The molecule has 1 aromatic rings. The Morgan fingerprint density at radius 2 is 2.09 bits per heavy atom. The third-order valence-electron chi connectivity index (χ3n) is 3.62. The van der Waals surface area contributed by atoms with Crippen molar-refractivity contribution >= 4 is 17.9 Å². The molecule has 1 aliphatic rings. The van der Waals surface area contributed by atoms with Crippen molar-refractivity contribution in [1.29, 1.82) is 0 Å². The van der Waals surface area contributed by atoms with Crippen molar-refractivity contribution in [1.82, 2.24) is 10.2 Å². The molecule has 0 aromatic heterocycles. The summed E-state index contributed by atoms with van der Waals surface area (Å²) in [4.78, 5) is 15.4. The molecule has 5 heteroatoms. The quantitative estimate of drug-likeness (QED) is 0.850. The number of amides is 1. The standard InChI is InChI=1S/C18H28N2O2S/c1-5-11-20(17(21)22-18(2,3)4)12-10-19-15-13-23-16-9-7-6-8-14(15)16/h6-9,15,19H,5,10-13H2,1-4H3. The second kappa shape index (κ2) is 8.06. The smallest absolute Gasteiger partial charge is 0.410 e. The molecule has 23 heavy (non-hydrogen) atoms. The van der Waals surface area contributed by atoms with Crippen LogP contribution in [0.5, 0.6) is 0 Å². The topological polar surface area (TPSA) is 41.6 Å². The fourth-order valence-corrected chi connectivity index (χ4v) is 3.79. The second-order valence-electron chi connectivity index (χ2n) is 6.82. The Morgan fingerprint density at radius 3 is 2.78 bits per heavy atom. The summed E-state index contributed by atoms with van der Waals surface area (Å²) in [7, 11) is 0. The van der Waals surface area contributed by atoms with Gasteiger partial charge in [-0.05, 0) is 38.8 Å². The van der Waals surface area contributed by atoms with Crippen LogP contribution in [0.25, 0.3) is 0 Å². The molecule has 1 N–H and O–H groups in total. The molecule has 0 fully saturated rings. The molecule has 1 aliphatic heterocycles. The van der Waals surface area contributed by atoms with Gasteiger partial charge in [-0.1, -0.05) is 25.1 Å². The Labute approximate surface area is 144 Å². The molecule has 1 atom stereocenters. The number of carbonyl (C=O) groups is 1. The predicted octanol–water partition coefficient (Wildman–Crippen LogP) is 4.07. The summed E-state index contributed by atoms with van der Waals surface area (Å²) < 4.78 is 5.49. The highest BCUT2D eigenvalue weighted by Crippen LogP contribution is 2.37. The van der Waals surface area contributed by atoms with Gasteiger partial charge in [0.25, 0.3) is 0 Å². The molecule has 0 radical (unpaired) electrons. The van der Waals surface area contributed by atoms with E-state index in [0.29, 0.717) is 12.6 Å². The molecule has 1 heterocycles. The Balaban J connectivity index is 1.84. The van der Waals surface area contributed by atoms with Crippen LogP contribution in [-0.2, 0) is 4.74 Å². The molecule has 1 aromatic carbocycles. The van der Waals surface area contributed by atoms with Crippen LogP contribution in [0.2, 0.25) is 0 Å². The van der Waals surface area contributed by atoms with E-state index in [-0.39, 0.29) is 6.09 Å². The van der Waals surface area contributed by atoms with Gasteiger partial charge in [0.15, 0.2) is 0 Å². The Kier molecular flexibility index (Phi) is 6.36. The number of fused-ring (bicyclic) bond motifs is 1. The van der Waals surface area contributed by atoms with Gasteiger partial charge in [0.1, 0.15) is 5.60 Å². The zero-order valence-electron chi connectivity index (χ0n) is 14.6. The first-order valence-corrected chi connectivity index (χ1v) is 9.32. The van der Waals surface area contributed by atoms with E-state index in [0.717, 1.165) is 25.3 Å². The normalized spacial score (nSPS) is 17.0. The van der Waals surface area contributed by atoms with Gasteiger partial charge in [0.05, 0.1) is 0 Å². The Morgan fingerprint density at radius 1 is 1.35 bits per heavy atom. The van der Waals surface area contributed by atoms with Crippen molar-refractivity contribution in [2.75, 3.05) is 25.4 Å². The third-order valence-corrected chi connectivity index (χ3v) is 4.80. The first kappa shape index (κ1) is 18.1. The van der Waals surface area contributed by atoms with Crippen molar-refractivity contribution in [3.8, 4) is 0 Å². The fraction of sp³-hybridized carbons (Fsp3) is 0.611. The van der Waals surface area contributed by atoms with Crippen molar-refractivity contribution in [2.24, 2.45) is 0 Å². The van der Waals surface area contributed by atoms with E-state index in [9.17, 15) is 4.79 Å². The average Bonchev–Trinajstić information content (AvgIpc) is 2.88. The minimum absolute atomic E-state index is 0.220. The number of benzene rings is 1. The maximum Gasteiger partial charge on any atom is 0.410 e. The molecule has 2 rings (SSSR count). The first-order chi connectivity index (χ1) is 10.9. The number of ether oxygens (including phenoxy) is 1. The van der Waals surface area contributed by atoms with Crippen molar-refractivity contribution in [2.45, 2.75) is 50.7 Å². The summed E-state index contributed by atoms with van der Waals surface area (Å²) in [6.45, 7) is 9.96. The molecule has 0 saturated carbocycles. The van der Waals surface area contributed by atoms with Crippen LogP contribution in [0.1, 0.15) is 45.7 Å². The number of nitrogens with zero attached hydrogens (tertiary/aromatic N) is 1. The van der Waals surface area contributed by atoms with E-state index in [1.165, 1.54) is 10.5 Å². The van der Waals surface area contributed by atoms with Gasteiger partial charge in [-0.3, -0.25) is 0 Å². The molecule has 1 unspecified atom stereocenters. The van der Waals surface area contributed by atoms with Crippen LogP contribution in [-0.4, -0.2) is 42.0 Å². The van der Waals surface area contributed by atoms with E-state index in [1.54, 1.807) is 4.90 Å². The molecule has 0 saturated heterocycles. The first-order valence-electron chi connectivity index (χ1n) is 8.33. The second-order valence-corrected chi connectivity index (χ2v) is 7.88. The van der Waals surface area contributed by atoms with Gasteiger partial charge in [-0.25, -0.2) is 4.79 Å². The molecule has 128 valence electrons. The predicted molar refractivity (Wildman–Crippen MR) is 96.0 cm³/mol. The number of thioether (sulfide) groups is 1. The summed E-state index contributed by atoms with van der Waals surface area (Å²) in [5.41, 5.74) is 0.925. The van der Waals surface area contributed by atoms with Crippen molar-refractivity contribution < 1.29 is 9.53 Å². The van der Waals surface area contributed by atoms with Gasteiger partial charge in [0, 0.05) is 36.3 Å². The summed E-state index contributed by atoms with van der Waals surface area (Å²) in [5.74, 6) is 1.06. The molecular weight excluding hydrogens is 308 g/mol. The van der Waals surface area contributed by atoms with E-state index in [1.807, 2.05) is 32.5 Å². The van der Waals surface area contributed by atoms with Crippen LogP contribution < -0.4 is 5.32 Å². The largest absolute Gasteiger partial charge is 0.444 e.